The molecule has 0 aliphatic carbocycles. The van der Waals surface area contributed by atoms with E-state index in [1.807, 2.05) is 13.8 Å². The van der Waals surface area contributed by atoms with Gasteiger partial charge in [0, 0.05) is 5.69 Å². The van der Waals surface area contributed by atoms with Crippen molar-refractivity contribution in [2.24, 2.45) is 5.92 Å². The van der Waals surface area contributed by atoms with Crippen LogP contribution in [0, 0.1) is 5.92 Å². The fourth-order valence-electron chi connectivity index (χ4n) is 2.47. The molecule has 0 aliphatic rings. The van der Waals surface area contributed by atoms with E-state index in [1.54, 1.807) is 13.8 Å². The molecule has 0 aliphatic heterocycles. The third kappa shape index (κ3) is 9.71. The summed E-state index contributed by atoms with van der Waals surface area (Å²) < 4.78 is 65.7. The van der Waals surface area contributed by atoms with Crippen molar-refractivity contribution in [3.05, 3.63) is 29.8 Å². The summed E-state index contributed by atoms with van der Waals surface area (Å²) in [6.45, 7) is 7.11. The summed E-state index contributed by atoms with van der Waals surface area (Å²) in [6, 6.07) is 3.77. The smallest absolute Gasteiger partial charge is 0.416 e. The quantitative estimate of drug-likeness (QED) is 0.443. The van der Waals surface area contributed by atoms with Crippen LogP contribution in [0.4, 0.5) is 23.7 Å². The Morgan fingerprint density at radius 2 is 1.61 bits per heavy atom. The Hall–Kier alpha value is -2.10. The van der Waals surface area contributed by atoms with E-state index in [0.717, 1.165) is 24.3 Å². The van der Waals surface area contributed by atoms with Crippen LogP contribution < -0.4 is 10.6 Å². The highest BCUT2D eigenvalue weighted by atomic mass is 31.2. The largest absolute Gasteiger partial charge is 0.436 e. The highest BCUT2D eigenvalue weighted by molar-refractivity contribution is 7.53. The number of benzene rings is 1. The summed E-state index contributed by atoms with van der Waals surface area (Å²) in [7, 11) is -3.53. The Labute approximate surface area is 179 Å². The highest BCUT2D eigenvalue weighted by Crippen LogP contribution is 2.46. The van der Waals surface area contributed by atoms with Crippen LogP contribution in [0.5, 0.6) is 0 Å². The highest BCUT2D eigenvalue weighted by Gasteiger charge is 2.31. The summed E-state index contributed by atoms with van der Waals surface area (Å²) >= 11 is 0. The van der Waals surface area contributed by atoms with Crippen LogP contribution in [0.2, 0.25) is 0 Å². The number of anilines is 1. The molecule has 31 heavy (non-hydrogen) atoms. The Balaban J connectivity index is 2.77. The van der Waals surface area contributed by atoms with Crippen molar-refractivity contribution >= 4 is 25.3 Å². The number of alkyl halides is 3. The van der Waals surface area contributed by atoms with Gasteiger partial charge in [-0.25, -0.2) is 4.79 Å². The molecule has 0 bridgehead atoms. The molecule has 1 atom stereocenters. The fourth-order valence-corrected chi connectivity index (χ4v) is 3.86. The number of rotatable bonds is 11. The van der Waals surface area contributed by atoms with Gasteiger partial charge in [0.25, 0.3) is 5.91 Å². The number of hydrogen-bond acceptors (Lipinski definition) is 6. The molecule has 176 valence electrons. The Bertz CT molecular complexity index is 761. The Morgan fingerprint density at radius 3 is 2.06 bits per heavy atom. The van der Waals surface area contributed by atoms with E-state index in [-0.39, 0.29) is 31.2 Å². The lowest BCUT2D eigenvalue weighted by atomic mass is 10.1. The molecule has 1 aromatic rings. The molecule has 0 fully saturated rings. The molecule has 0 saturated carbocycles. The van der Waals surface area contributed by atoms with Gasteiger partial charge in [-0.1, -0.05) is 13.8 Å². The molecule has 1 rings (SSSR count). The van der Waals surface area contributed by atoms with Gasteiger partial charge in [0.2, 0.25) is 0 Å². The Morgan fingerprint density at radius 1 is 1.06 bits per heavy atom. The van der Waals surface area contributed by atoms with Crippen molar-refractivity contribution in [3.63, 3.8) is 0 Å². The molecule has 0 heterocycles. The zero-order chi connectivity index (χ0) is 23.7. The van der Waals surface area contributed by atoms with Crippen LogP contribution in [0.15, 0.2) is 24.3 Å². The van der Waals surface area contributed by atoms with Gasteiger partial charge < -0.3 is 19.1 Å². The van der Waals surface area contributed by atoms with Crippen molar-refractivity contribution < 1.29 is 41.1 Å². The number of hydrogen-bond donors (Lipinski definition) is 2. The van der Waals surface area contributed by atoms with Crippen molar-refractivity contribution in [1.82, 2.24) is 5.32 Å². The van der Waals surface area contributed by atoms with E-state index in [0.29, 0.717) is 0 Å². The van der Waals surface area contributed by atoms with Crippen LogP contribution in [0.3, 0.4) is 0 Å². The number of halogens is 3. The lowest BCUT2D eigenvalue weighted by Gasteiger charge is -2.22. The second-order valence-electron chi connectivity index (χ2n) is 6.87. The molecule has 0 spiro atoms. The molecule has 1 unspecified atom stereocenters. The SMILES string of the molecule is CCOP(=O)(CNC(=O)C(CC(C)C)OC(=O)Nc1ccc(C(F)(F)F)cc1)OCC. The molecule has 8 nitrogen and oxygen atoms in total. The molecular formula is C19H28F3N2O6P. The van der Waals surface area contributed by atoms with Crippen LogP contribution in [0.1, 0.15) is 39.7 Å². The first-order chi connectivity index (χ1) is 14.4. The molecule has 0 aromatic heterocycles. The predicted octanol–water partition coefficient (Wildman–Crippen LogP) is 5.01. The van der Waals surface area contributed by atoms with Crippen molar-refractivity contribution in [2.75, 3.05) is 24.8 Å². The average Bonchev–Trinajstić information content (AvgIpc) is 2.65. The van der Waals surface area contributed by atoms with E-state index >= 15 is 0 Å². The van der Waals surface area contributed by atoms with Crippen molar-refractivity contribution in [3.8, 4) is 0 Å². The fraction of sp³-hybridized carbons (Fsp3) is 0.579. The van der Waals surface area contributed by atoms with Gasteiger partial charge in [0.05, 0.1) is 18.8 Å². The van der Waals surface area contributed by atoms with Crippen LogP contribution in [-0.2, 0) is 29.3 Å². The van der Waals surface area contributed by atoms with Crippen molar-refractivity contribution in [1.29, 1.82) is 0 Å². The summed E-state index contributed by atoms with van der Waals surface area (Å²) in [6.07, 6.45) is -6.96. The van der Waals surface area contributed by atoms with E-state index in [4.69, 9.17) is 13.8 Å². The number of ether oxygens (including phenoxy) is 1. The Kier molecular flexibility index (Phi) is 10.5. The first kappa shape index (κ1) is 26.9. The molecule has 2 amide bonds. The lowest BCUT2D eigenvalue weighted by Crippen LogP contribution is -2.40. The monoisotopic (exact) mass is 468 g/mol. The summed E-state index contributed by atoms with van der Waals surface area (Å²) in [5, 5.41) is 4.69. The van der Waals surface area contributed by atoms with Crippen LogP contribution in [-0.4, -0.2) is 37.6 Å². The topological polar surface area (TPSA) is 103 Å². The normalized spacial score (nSPS) is 13.0. The zero-order valence-electron chi connectivity index (χ0n) is 17.8. The van der Waals surface area contributed by atoms with E-state index in [2.05, 4.69) is 10.6 Å². The van der Waals surface area contributed by atoms with E-state index in [1.165, 1.54) is 0 Å². The number of carbonyl (C=O) groups excluding carboxylic acids is 2. The van der Waals surface area contributed by atoms with Crippen LogP contribution in [0.25, 0.3) is 0 Å². The summed E-state index contributed by atoms with van der Waals surface area (Å²) in [4.78, 5) is 24.7. The standard InChI is InChI=1S/C19H28F3N2O6P/c1-5-28-31(27,29-6-2)12-23-17(25)16(11-13(3)4)30-18(26)24-15-9-7-14(8-10-15)19(20,21)22/h7-10,13,16H,5-6,11-12H2,1-4H3,(H,23,25)(H,24,26). The van der Waals surface area contributed by atoms with Gasteiger partial charge in [-0.3, -0.25) is 14.7 Å². The van der Waals surface area contributed by atoms with Gasteiger partial charge in [0.15, 0.2) is 6.10 Å². The maximum Gasteiger partial charge on any atom is 0.416 e. The van der Waals surface area contributed by atoms with E-state index < -0.39 is 43.7 Å². The first-order valence-corrected chi connectivity index (χ1v) is 11.4. The zero-order valence-corrected chi connectivity index (χ0v) is 18.7. The van der Waals surface area contributed by atoms with Crippen molar-refractivity contribution in [2.45, 2.75) is 46.4 Å². The molecule has 0 saturated heterocycles. The predicted molar refractivity (Wildman–Crippen MR) is 109 cm³/mol. The first-order valence-electron chi connectivity index (χ1n) is 9.71. The third-order valence-electron chi connectivity index (χ3n) is 3.78. The second-order valence-corrected chi connectivity index (χ2v) is 8.92. The van der Waals surface area contributed by atoms with Gasteiger partial charge in [-0.15, -0.1) is 0 Å². The summed E-state index contributed by atoms with van der Waals surface area (Å²) in [5.41, 5.74) is -0.796. The molecule has 0 radical (unpaired) electrons. The second kappa shape index (κ2) is 12.1. The number of carbonyl (C=O) groups is 2. The maximum atomic E-state index is 12.6. The van der Waals surface area contributed by atoms with Gasteiger partial charge >= 0.3 is 19.9 Å². The minimum atomic E-state index is -4.50. The number of amides is 2. The van der Waals surface area contributed by atoms with Crippen LogP contribution >= 0.6 is 7.60 Å². The molecule has 2 N–H and O–H groups in total. The third-order valence-corrected chi connectivity index (χ3v) is 5.63. The minimum absolute atomic E-state index is 0.0276. The molecule has 1 aromatic carbocycles. The number of nitrogens with one attached hydrogen (secondary N) is 2. The summed E-state index contributed by atoms with van der Waals surface area (Å²) in [5.74, 6) is -0.726. The molecular weight excluding hydrogens is 440 g/mol. The average molecular weight is 468 g/mol. The van der Waals surface area contributed by atoms with E-state index in [9.17, 15) is 27.3 Å². The molecule has 12 heteroatoms. The van der Waals surface area contributed by atoms with Gasteiger partial charge in [-0.2, -0.15) is 13.2 Å². The lowest BCUT2D eigenvalue weighted by molar-refractivity contribution is -0.137. The van der Waals surface area contributed by atoms with Gasteiger partial charge in [-0.05, 0) is 50.5 Å². The van der Waals surface area contributed by atoms with Gasteiger partial charge in [0.1, 0.15) is 6.29 Å². The minimum Gasteiger partial charge on any atom is -0.436 e. The maximum absolute atomic E-state index is 12.6.